The molecule has 0 radical (unpaired) electrons. The summed E-state index contributed by atoms with van der Waals surface area (Å²) < 4.78 is 5.91. The predicted molar refractivity (Wildman–Crippen MR) is 149 cm³/mol. The van der Waals surface area contributed by atoms with E-state index in [2.05, 4.69) is 23.5 Å². The van der Waals surface area contributed by atoms with Crippen molar-refractivity contribution in [3.05, 3.63) is 95.1 Å². The number of aryl methyl sites for hydroxylation is 2. The highest BCUT2D eigenvalue weighted by Crippen LogP contribution is 2.26. The average Bonchev–Trinajstić information content (AvgIpc) is 2.94. The fourth-order valence-corrected chi connectivity index (χ4v) is 5.55. The van der Waals surface area contributed by atoms with Crippen LogP contribution in [0.1, 0.15) is 54.4 Å². The normalized spacial score (nSPS) is 19.1. The number of hydrogen-bond donors (Lipinski definition) is 2. The van der Waals surface area contributed by atoms with Gasteiger partial charge in [0.05, 0.1) is 0 Å². The third-order valence-corrected chi connectivity index (χ3v) is 7.62. The van der Waals surface area contributed by atoms with Crippen molar-refractivity contribution >= 4 is 11.8 Å². The van der Waals surface area contributed by atoms with Gasteiger partial charge in [-0.05, 0) is 98.0 Å². The van der Waals surface area contributed by atoms with Crippen LogP contribution in [0.15, 0.2) is 72.8 Å². The molecule has 2 aliphatic rings. The molecule has 1 aliphatic carbocycles. The Morgan fingerprint density at radius 1 is 0.842 bits per heavy atom. The minimum Gasteiger partial charge on any atom is -0.457 e. The molecular formula is C32H37N3O3. The largest absolute Gasteiger partial charge is 0.457 e. The van der Waals surface area contributed by atoms with Gasteiger partial charge < -0.3 is 20.7 Å². The van der Waals surface area contributed by atoms with E-state index in [1.54, 1.807) is 4.90 Å². The number of hydrogen-bond acceptors (Lipinski definition) is 4. The first-order valence-corrected chi connectivity index (χ1v) is 13.8. The Morgan fingerprint density at radius 3 is 2.32 bits per heavy atom. The van der Waals surface area contributed by atoms with Gasteiger partial charge in [0.15, 0.2) is 0 Å². The molecule has 0 aromatic heterocycles. The number of nitrogens with one attached hydrogen (secondary N) is 1. The Hall–Kier alpha value is -3.64. The number of nitrogens with two attached hydrogens (primary N) is 1. The lowest BCUT2D eigenvalue weighted by atomic mass is 9.89. The van der Waals surface area contributed by atoms with Crippen LogP contribution in [0, 0.1) is 0 Å². The Bertz CT molecular complexity index is 1240. The predicted octanol–water partition coefficient (Wildman–Crippen LogP) is 4.93. The minimum atomic E-state index is -0.560. The molecule has 2 amide bonds. The van der Waals surface area contributed by atoms with Crippen LogP contribution in [0.4, 0.5) is 0 Å². The number of unbranched alkanes of at least 4 members (excludes halogenated alkanes) is 1. The second-order valence-corrected chi connectivity index (χ2v) is 10.4. The summed E-state index contributed by atoms with van der Waals surface area (Å²) in [6.45, 7) is 0.956. The summed E-state index contributed by atoms with van der Waals surface area (Å²) in [5.74, 6) is 1.40. The second-order valence-electron chi connectivity index (χ2n) is 10.4. The Kier molecular flexibility index (Phi) is 8.39. The fourth-order valence-electron chi connectivity index (χ4n) is 5.55. The first-order chi connectivity index (χ1) is 18.6. The van der Waals surface area contributed by atoms with E-state index in [0.29, 0.717) is 25.9 Å². The molecule has 0 saturated carbocycles. The van der Waals surface area contributed by atoms with E-state index in [1.165, 1.54) is 24.0 Å². The van der Waals surface area contributed by atoms with Crippen molar-refractivity contribution in [2.75, 3.05) is 6.54 Å². The number of carbonyl (C=O) groups excluding carboxylic acids is 2. The summed E-state index contributed by atoms with van der Waals surface area (Å²) in [6.07, 6.45) is 7.42. The molecule has 3 N–H and O–H groups in total. The molecule has 1 fully saturated rings. The second kappa shape index (κ2) is 12.3. The Balaban J connectivity index is 1.31. The maximum Gasteiger partial charge on any atom is 0.246 e. The first kappa shape index (κ1) is 26.0. The first-order valence-electron chi connectivity index (χ1n) is 13.8. The van der Waals surface area contributed by atoms with Gasteiger partial charge in [0.2, 0.25) is 11.8 Å². The van der Waals surface area contributed by atoms with Crippen LogP contribution in [-0.4, -0.2) is 35.3 Å². The fraction of sp³-hybridized carbons (Fsp3) is 0.375. The Morgan fingerprint density at radius 2 is 1.55 bits per heavy atom. The third kappa shape index (κ3) is 6.25. The number of amides is 2. The molecule has 3 aromatic rings. The number of fused-ring (bicyclic) bond motifs is 1. The summed E-state index contributed by atoms with van der Waals surface area (Å²) in [4.78, 5) is 28.8. The van der Waals surface area contributed by atoms with Gasteiger partial charge in [-0.25, -0.2) is 0 Å². The summed E-state index contributed by atoms with van der Waals surface area (Å²) in [6, 6.07) is 22.9. The molecular weight excluding hydrogens is 474 g/mol. The van der Waals surface area contributed by atoms with Crippen LogP contribution in [0.5, 0.6) is 11.5 Å². The molecule has 2 atom stereocenters. The highest BCUT2D eigenvalue weighted by molar-refractivity contribution is 5.97. The zero-order chi connectivity index (χ0) is 26.3. The van der Waals surface area contributed by atoms with Gasteiger partial charge in [-0.3, -0.25) is 9.59 Å². The Labute approximate surface area is 225 Å². The van der Waals surface area contributed by atoms with Crippen molar-refractivity contribution in [1.82, 2.24) is 10.2 Å². The average molecular weight is 512 g/mol. The number of benzene rings is 3. The molecule has 1 heterocycles. The van der Waals surface area contributed by atoms with Crippen molar-refractivity contribution in [3.63, 3.8) is 0 Å². The molecule has 1 aliphatic heterocycles. The number of nitrogens with zero attached hydrogens (tertiary/aromatic N) is 1. The standard InChI is InChI=1S/C32H37N3O3/c33-19-7-6-12-30-31(36)34-29(21-24-13-16-25-8-4-5-9-26(25)20-24)32(37)35(30)22-23-14-17-28(18-15-23)38-27-10-2-1-3-11-27/h1-3,10-11,13-18,20,29-30H,4-9,12,19,21-22,33H2,(H,34,36). The van der Waals surface area contributed by atoms with Gasteiger partial charge in [0.25, 0.3) is 0 Å². The highest BCUT2D eigenvalue weighted by atomic mass is 16.5. The van der Waals surface area contributed by atoms with Gasteiger partial charge in [0, 0.05) is 13.0 Å². The lowest BCUT2D eigenvalue weighted by molar-refractivity contribution is -0.150. The molecule has 5 rings (SSSR count). The monoisotopic (exact) mass is 511 g/mol. The zero-order valence-corrected chi connectivity index (χ0v) is 21.9. The maximum atomic E-state index is 13.8. The number of piperazine rings is 1. The summed E-state index contributed by atoms with van der Waals surface area (Å²) in [5.41, 5.74) is 10.6. The van der Waals surface area contributed by atoms with Crippen LogP contribution >= 0.6 is 0 Å². The van der Waals surface area contributed by atoms with Crippen LogP contribution < -0.4 is 15.8 Å². The van der Waals surface area contributed by atoms with Gasteiger partial charge in [-0.2, -0.15) is 0 Å². The van der Waals surface area contributed by atoms with E-state index in [0.717, 1.165) is 48.3 Å². The van der Waals surface area contributed by atoms with E-state index < -0.39 is 12.1 Å². The molecule has 198 valence electrons. The highest BCUT2D eigenvalue weighted by Gasteiger charge is 2.40. The van der Waals surface area contributed by atoms with Gasteiger partial charge in [0.1, 0.15) is 23.6 Å². The number of rotatable bonds is 10. The van der Waals surface area contributed by atoms with E-state index in [1.807, 2.05) is 54.6 Å². The van der Waals surface area contributed by atoms with Gasteiger partial charge >= 0.3 is 0 Å². The van der Waals surface area contributed by atoms with Crippen molar-refractivity contribution in [3.8, 4) is 11.5 Å². The minimum absolute atomic E-state index is 0.0234. The van der Waals surface area contributed by atoms with Crippen molar-refractivity contribution < 1.29 is 14.3 Å². The number of para-hydroxylation sites is 1. The van der Waals surface area contributed by atoms with Crippen LogP contribution in [-0.2, 0) is 35.4 Å². The molecule has 6 nitrogen and oxygen atoms in total. The topological polar surface area (TPSA) is 84.7 Å². The van der Waals surface area contributed by atoms with E-state index in [4.69, 9.17) is 10.5 Å². The van der Waals surface area contributed by atoms with Crippen LogP contribution in [0.25, 0.3) is 0 Å². The SMILES string of the molecule is NCCCCC1C(=O)NC(Cc2ccc3c(c2)CCCC3)C(=O)N1Cc1ccc(Oc2ccccc2)cc1. The third-order valence-electron chi connectivity index (χ3n) is 7.62. The van der Waals surface area contributed by atoms with E-state index in [-0.39, 0.29) is 11.8 Å². The lowest BCUT2D eigenvalue weighted by Crippen LogP contribution is -2.63. The smallest absolute Gasteiger partial charge is 0.246 e. The lowest BCUT2D eigenvalue weighted by Gasteiger charge is -2.39. The van der Waals surface area contributed by atoms with Gasteiger partial charge in [-0.1, -0.05) is 48.5 Å². The molecule has 6 heteroatoms. The molecule has 0 bridgehead atoms. The quantitative estimate of drug-likeness (QED) is 0.378. The van der Waals surface area contributed by atoms with Crippen molar-refractivity contribution in [1.29, 1.82) is 0 Å². The molecule has 38 heavy (non-hydrogen) atoms. The summed E-state index contributed by atoms with van der Waals surface area (Å²) in [5, 5.41) is 3.04. The van der Waals surface area contributed by atoms with Crippen LogP contribution in [0.2, 0.25) is 0 Å². The summed E-state index contributed by atoms with van der Waals surface area (Å²) >= 11 is 0. The zero-order valence-electron chi connectivity index (χ0n) is 21.9. The molecule has 3 aromatic carbocycles. The summed E-state index contributed by atoms with van der Waals surface area (Å²) in [7, 11) is 0. The maximum absolute atomic E-state index is 13.8. The van der Waals surface area contributed by atoms with Crippen molar-refractivity contribution in [2.45, 2.75) is 70.0 Å². The number of carbonyl (C=O) groups is 2. The van der Waals surface area contributed by atoms with E-state index >= 15 is 0 Å². The van der Waals surface area contributed by atoms with Crippen LogP contribution in [0.3, 0.4) is 0 Å². The molecule has 1 saturated heterocycles. The molecule has 0 spiro atoms. The van der Waals surface area contributed by atoms with E-state index in [9.17, 15) is 9.59 Å². The number of ether oxygens (including phenoxy) is 1. The van der Waals surface area contributed by atoms with Crippen molar-refractivity contribution in [2.24, 2.45) is 5.73 Å². The van der Waals surface area contributed by atoms with Gasteiger partial charge in [-0.15, -0.1) is 0 Å². The molecule has 2 unspecified atom stereocenters.